The molecular formula is C16H14BrNO2. The fourth-order valence-electron chi connectivity index (χ4n) is 2.38. The highest BCUT2D eigenvalue weighted by molar-refractivity contribution is 9.10. The highest BCUT2D eigenvalue weighted by Crippen LogP contribution is 2.31. The molecule has 0 spiro atoms. The van der Waals surface area contributed by atoms with Crippen molar-refractivity contribution in [2.45, 2.75) is 6.54 Å². The third-order valence-electron chi connectivity index (χ3n) is 3.40. The first-order valence-corrected chi connectivity index (χ1v) is 7.27. The maximum absolute atomic E-state index is 10.8. The number of nitrogens with zero attached hydrogens (tertiary/aromatic N) is 1. The molecule has 3 rings (SSSR count). The first-order chi connectivity index (χ1) is 9.78. The van der Waals surface area contributed by atoms with Crippen molar-refractivity contribution < 1.29 is 9.53 Å². The van der Waals surface area contributed by atoms with Crippen LogP contribution in [-0.4, -0.2) is 19.4 Å². The summed E-state index contributed by atoms with van der Waals surface area (Å²) in [5, 5.41) is 0. The second-order valence-corrected chi connectivity index (χ2v) is 5.56. The molecule has 0 N–H and O–H groups in total. The number of rotatable bonds is 2. The van der Waals surface area contributed by atoms with Gasteiger partial charge >= 0.3 is 0 Å². The topological polar surface area (TPSA) is 29.5 Å². The number of halogens is 1. The second-order valence-electron chi connectivity index (χ2n) is 4.71. The lowest BCUT2D eigenvalue weighted by Crippen LogP contribution is -2.25. The van der Waals surface area contributed by atoms with E-state index in [9.17, 15) is 4.79 Å². The minimum Gasteiger partial charge on any atom is -0.491 e. The monoisotopic (exact) mass is 331 g/mol. The van der Waals surface area contributed by atoms with E-state index in [-0.39, 0.29) is 0 Å². The smallest absolute Gasteiger partial charge is 0.150 e. The molecule has 0 saturated heterocycles. The molecule has 2 aromatic carbocycles. The molecule has 0 aromatic heterocycles. The summed E-state index contributed by atoms with van der Waals surface area (Å²) >= 11 is 3.55. The quantitative estimate of drug-likeness (QED) is 0.786. The van der Waals surface area contributed by atoms with Crippen molar-refractivity contribution in [2.75, 3.05) is 18.1 Å². The van der Waals surface area contributed by atoms with E-state index >= 15 is 0 Å². The Bertz CT molecular complexity index is 642. The zero-order chi connectivity index (χ0) is 13.9. The Morgan fingerprint density at radius 3 is 2.85 bits per heavy atom. The molecule has 4 heteroatoms. The molecule has 0 unspecified atom stereocenters. The SMILES string of the molecule is O=Cc1ccc(N2CCOc3ccccc3C2)c(Br)c1. The summed E-state index contributed by atoms with van der Waals surface area (Å²) in [7, 11) is 0. The van der Waals surface area contributed by atoms with Crippen LogP contribution in [0.2, 0.25) is 0 Å². The normalized spacial score (nSPS) is 14.2. The van der Waals surface area contributed by atoms with Crippen molar-refractivity contribution in [1.29, 1.82) is 0 Å². The van der Waals surface area contributed by atoms with Gasteiger partial charge in [0, 0.05) is 22.1 Å². The van der Waals surface area contributed by atoms with Gasteiger partial charge in [-0.05, 0) is 40.2 Å². The number of carbonyl (C=O) groups excluding carboxylic acids is 1. The molecule has 3 nitrogen and oxygen atoms in total. The largest absolute Gasteiger partial charge is 0.491 e. The van der Waals surface area contributed by atoms with Gasteiger partial charge in [-0.25, -0.2) is 0 Å². The number of carbonyl (C=O) groups is 1. The van der Waals surface area contributed by atoms with Gasteiger partial charge in [0.1, 0.15) is 18.6 Å². The third-order valence-corrected chi connectivity index (χ3v) is 4.04. The zero-order valence-corrected chi connectivity index (χ0v) is 12.5. The Morgan fingerprint density at radius 1 is 1.20 bits per heavy atom. The van der Waals surface area contributed by atoms with Crippen molar-refractivity contribution in [2.24, 2.45) is 0 Å². The molecule has 0 amide bonds. The third kappa shape index (κ3) is 2.56. The molecule has 0 saturated carbocycles. The molecule has 20 heavy (non-hydrogen) atoms. The summed E-state index contributed by atoms with van der Waals surface area (Å²) in [6.07, 6.45) is 0.857. The van der Waals surface area contributed by atoms with Gasteiger partial charge in [-0.2, -0.15) is 0 Å². The number of benzene rings is 2. The van der Waals surface area contributed by atoms with Crippen LogP contribution in [0.3, 0.4) is 0 Å². The van der Waals surface area contributed by atoms with Crippen LogP contribution in [0.15, 0.2) is 46.9 Å². The molecule has 1 heterocycles. The van der Waals surface area contributed by atoms with Gasteiger partial charge < -0.3 is 9.64 Å². The van der Waals surface area contributed by atoms with E-state index in [4.69, 9.17) is 4.74 Å². The predicted molar refractivity (Wildman–Crippen MR) is 82.5 cm³/mol. The lowest BCUT2D eigenvalue weighted by atomic mass is 10.1. The summed E-state index contributed by atoms with van der Waals surface area (Å²) in [4.78, 5) is 13.1. The van der Waals surface area contributed by atoms with Crippen LogP contribution >= 0.6 is 15.9 Å². The first-order valence-electron chi connectivity index (χ1n) is 6.48. The Balaban J connectivity index is 1.93. The van der Waals surface area contributed by atoms with Gasteiger partial charge in [0.25, 0.3) is 0 Å². The highest BCUT2D eigenvalue weighted by atomic mass is 79.9. The van der Waals surface area contributed by atoms with Crippen LogP contribution in [0.1, 0.15) is 15.9 Å². The summed E-state index contributed by atoms with van der Waals surface area (Å²) < 4.78 is 6.70. The van der Waals surface area contributed by atoms with Crippen LogP contribution in [0.5, 0.6) is 5.75 Å². The van der Waals surface area contributed by atoms with Crippen molar-refractivity contribution in [1.82, 2.24) is 0 Å². The maximum atomic E-state index is 10.8. The fourth-order valence-corrected chi connectivity index (χ4v) is 3.03. The molecule has 0 atom stereocenters. The van der Waals surface area contributed by atoms with E-state index in [1.54, 1.807) is 0 Å². The fraction of sp³-hybridized carbons (Fsp3) is 0.188. The zero-order valence-electron chi connectivity index (χ0n) is 10.9. The van der Waals surface area contributed by atoms with E-state index in [0.717, 1.165) is 35.3 Å². The number of anilines is 1. The van der Waals surface area contributed by atoms with E-state index in [1.165, 1.54) is 5.56 Å². The number of hydrogen-bond acceptors (Lipinski definition) is 3. The number of hydrogen-bond donors (Lipinski definition) is 0. The van der Waals surface area contributed by atoms with E-state index in [0.29, 0.717) is 12.2 Å². The van der Waals surface area contributed by atoms with Crippen molar-refractivity contribution in [3.05, 3.63) is 58.1 Å². The van der Waals surface area contributed by atoms with E-state index in [2.05, 4.69) is 26.9 Å². The van der Waals surface area contributed by atoms with Crippen molar-refractivity contribution in [3.8, 4) is 5.75 Å². The van der Waals surface area contributed by atoms with E-state index in [1.807, 2.05) is 36.4 Å². The predicted octanol–water partition coefficient (Wildman–Crippen LogP) is 3.66. The van der Waals surface area contributed by atoms with Crippen LogP contribution in [0, 0.1) is 0 Å². The molecule has 102 valence electrons. The summed E-state index contributed by atoms with van der Waals surface area (Å²) in [6, 6.07) is 13.8. The molecule has 0 radical (unpaired) electrons. The lowest BCUT2D eigenvalue weighted by molar-refractivity contribution is 0.112. The maximum Gasteiger partial charge on any atom is 0.150 e. The van der Waals surface area contributed by atoms with Gasteiger partial charge in [-0.1, -0.05) is 18.2 Å². The highest BCUT2D eigenvalue weighted by Gasteiger charge is 2.17. The minimum atomic E-state index is 0.652. The Morgan fingerprint density at radius 2 is 2.05 bits per heavy atom. The van der Waals surface area contributed by atoms with Gasteiger partial charge in [-0.3, -0.25) is 4.79 Å². The minimum absolute atomic E-state index is 0.652. The summed E-state index contributed by atoms with van der Waals surface area (Å²) in [5.41, 5.74) is 2.93. The molecule has 2 aromatic rings. The number of para-hydroxylation sites is 1. The van der Waals surface area contributed by atoms with Crippen molar-refractivity contribution >= 4 is 27.9 Å². The molecule has 1 aliphatic heterocycles. The van der Waals surface area contributed by atoms with E-state index < -0.39 is 0 Å². The molecule has 0 bridgehead atoms. The van der Waals surface area contributed by atoms with Crippen LogP contribution in [-0.2, 0) is 6.54 Å². The molecule has 0 fully saturated rings. The summed E-state index contributed by atoms with van der Waals surface area (Å²) in [6.45, 7) is 2.27. The van der Waals surface area contributed by atoms with Crippen LogP contribution in [0.4, 0.5) is 5.69 Å². The average Bonchev–Trinajstić information content (AvgIpc) is 2.69. The number of aldehydes is 1. The van der Waals surface area contributed by atoms with Crippen LogP contribution in [0.25, 0.3) is 0 Å². The Labute approximate surface area is 126 Å². The molecule has 1 aliphatic rings. The first kappa shape index (κ1) is 13.2. The molecular weight excluding hydrogens is 318 g/mol. The van der Waals surface area contributed by atoms with Gasteiger partial charge in [-0.15, -0.1) is 0 Å². The van der Waals surface area contributed by atoms with Gasteiger partial charge in [0.2, 0.25) is 0 Å². The number of fused-ring (bicyclic) bond motifs is 1. The lowest BCUT2D eigenvalue weighted by Gasteiger charge is -2.23. The Kier molecular flexibility index (Phi) is 3.74. The van der Waals surface area contributed by atoms with Crippen LogP contribution < -0.4 is 9.64 Å². The van der Waals surface area contributed by atoms with Gasteiger partial charge in [0.05, 0.1) is 12.2 Å². The second kappa shape index (κ2) is 5.67. The van der Waals surface area contributed by atoms with Gasteiger partial charge in [0.15, 0.2) is 0 Å². The summed E-state index contributed by atoms with van der Waals surface area (Å²) in [5.74, 6) is 0.954. The van der Waals surface area contributed by atoms with Crippen molar-refractivity contribution in [3.63, 3.8) is 0 Å². The standard InChI is InChI=1S/C16H14BrNO2/c17-14-9-12(11-19)5-6-15(14)18-7-8-20-16-4-2-1-3-13(16)10-18/h1-6,9,11H,7-8,10H2. The average molecular weight is 332 g/mol. The molecule has 0 aliphatic carbocycles. The Hall–Kier alpha value is -1.81. The number of ether oxygens (including phenoxy) is 1.